The lowest BCUT2D eigenvalue weighted by Gasteiger charge is -2.12. The minimum Gasteiger partial charge on any atom is -0.377 e. The van der Waals surface area contributed by atoms with Crippen molar-refractivity contribution in [3.63, 3.8) is 0 Å². The fourth-order valence-corrected chi connectivity index (χ4v) is 4.09. The highest BCUT2D eigenvalue weighted by Crippen LogP contribution is 2.14. The second-order valence-corrected chi connectivity index (χ2v) is 8.53. The first-order valence-electron chi connectivity index (χ1n) is 8.68. The Morgan fingerprint density at radius 1 is 1.19 bits per heavy atom. The van der Waals surface area contributed by atoms with Gasteiger partial charge in [-0.3, -0.25) is 4.79 Å². The first kappa shape index (κ1) is 19.8. The number of amides is 1. The standard InChI is InChI=1S/C19H21ClN2O4S/c20-16-4-1-3-14(11-16)12-21-19(23)15-6-8-18(9-7-15)27(24,25)22-13-17-5-2-10-26-17/h1,3-4,6-9,11,17,22H,2,5,10,12-13H2,(H,21,23)/t17-/m0/s1. The normalized spacial score (nSPS) is 17.0. The maximum atomic E-state index is 12.3. The van der Waals surface area contributed by atoms with Crippen molar-refractivity contribution in [3.05, 3.63) is 64.7 Å². The molecular weight excluding hydrogens is 388 g/mol. The molecule has 1 atom stereocenters. The van der Waals surface area contributed by atoms with Crippen LogP contribution in [0.3, 0.4) is 0 Å². The third-order valence-corrected chi connectivity index (χ3v) is 5.97. The maximum Gasteiger partial charge on any atom is 0.251 e. The molecule has 1 fully saturated rings. The molecule has 1 aliphatic heterocycles. The largest absolute Gasteiger partial charge is 0.377 e. The van der Waals surface area contributed by atoms with Crippen LogP contribution in [0.4, 0.5) is 0 Å². The van der Waals surface area contributed by atoms with Crippen molar-refractivity contribution < 1.29 is 17.9 Å². The molecule has 2 N–H and O–H groups in total. The third-order valence-electron chi connectivity index (χ3n) is 4.29. The Hall–Kier alpha value is -1.93. The van der Waals surface area contributed by atoms with Crippen LogP contribution in [-0.4, -0.2) is 33.6 Å². The van der Waals surface area contributed by atoms with E-state index in [4.69, 9.17) is 16.3 Å². The van der Waals surface area contributed by atoms with E-state index in [0.29, 0.717) is 23.7 Å². The summed E-state index contributed by atoms with van der Waals surface area (Å²) in [6.45, 7) is 1.26. The molecule has 144 valence electrons. The maximum absolute atomic E-state index is 12.3. The number of rotatable bonds is 7. The van der Waals surface area contributed by atoms with Gasteiger partial charge in [0.1, 0.15) is 0 Å². The van der Waals surface area contributed by atoms with Crippen molar-refractivity contribution >= 4 is 27.5 Å². The van der Waals surface area contributed by atoms with Gasteiger partial charge in [0, 0.05) is 30.3 Å². The quantitative estimate of drug-likeness (QED) is 0.737. The van der Waals surface area contributed by atoms with E-state index in [0.717, 1.165) is 18.4 Å². The number of halogens is 1. The van der Waals surface area contributed by atoms with Gasteiger partial charge < -0.3 is 10.1 Å². The molecule has 8 heteroatoms. The van der Waals surface area contributed by atoms with E-state index < -0.39 is 10.0 Å². The lowest BCUT2D eigenvalue weighted by atomic mass is 10.2. The molecule has 0 unspecified atom stereocenters. The van der Waals surface area contributed by atoms with Gasteiger partial charge >= 0.3 is 0 Å². The Morgan fingerprint density at radius 2 is 1.96 bits per heavy atom. The van der Waals surface area contributed by atoms with E-state index in [1.165, 1.54) is 24.3 Å². The summed E-state index contributed by atoms with van der Waals surface area (Å²) in [5, 5.41) is 3.39. The lowest BCUT2D eigenvalue weighted by molar-refractivity contribution is 0.0951. The second kappa shape index (κ2) is 8.84. The van der Waals surface area contributed by atoms with Crippen LogP contribution in [0.1, 0.15) is 28.8 Å². The van der Waals surface area contributed by atoms with E-state index >= 15 is 0 Å². The molecule has 1 heterocycles. The van der Waals surface area contributed by atoms with E-state index in [1.807, 2.05) is 12.1 Å². The first-order chi connectivity index (χ1) is 12.9. The van der Waals surface area contributed by atoms with Crippen LogP contribution in [0.5, 0.6) is 0 Å². The molecule has 1 aliphatic rings. The molecule has 0 aromatic heterocycles. The van der Waals surface area contributed by atoms with Gasteiger partial charge in [0.15, 0.2) is 0 Å². The molecule has 3 rings (SSSR count). The molecule has 1 amide bonds. The molecule has 1 saturated heterocycles. The van der Waals surface area contributed by atoms with Crippen LogP contribution in [0, 0.1) is 0 Å². The number of sulfonamides is 1. The van der Waals surface area contributed by atoms with Crippen molar-refractivity contribution in [3.8, 4) is 0 Å². The number of hydrogen-bond acceptors (Lipinski definition) is 4. The average molecular weight is 409 g/mol. The lowest BCUT2D eigenvalue weighted by Crippen LogP contribution is -2.31. The van der Waals surface area contributed by atoms with Crippen LogP contribution >= 0.6 is 11.6 Å². The summed E-state index contributed by atoms with van der Waals surface area (Å²) in [5.41, 5.74) is 1.27. The van der Waals surface area contributed by atoms with Gasteiger partial charge in [0.05, 0.1) is 11.0 Å². The number of benzene rings is 2. The minimum atomic E-state index is -3.63. The van der Waals surface area contributed by atoms with Gasteiger partial charge in [-0.1, -0.05) is 23.7 Å². The Balaban J connectivity index is 1.57. The van der Waals surface area contributed by atoms with Crippen LogP contribution in [-0.2, 0) is 21.3 Å². The number of hydrogen-bond donors (Lipinski definition) is 2. The first-order valence-corrected chi connectivity index (χ1v) is 10.5. The number of carbonyl (C=O) groups excluding carboxylic acids is 1. The summed E-state index contributed by atoms with van der Waals surface area (Å²) in [4.78, 5) is 12.4. The van der Waals surface area contributed by atoms with Crippen molar-refractivity contribution in [1.29, 1.82) is 0 Å². The highest BCUT2D eigenvalue weighted by atomic mass is 35.5. The number of ether oxygens (including phenoxy) is 1. The van der Waals surface area contributed by atoms with Gasteiger partial charge in [0.2, 0.25) is 10.0 Å². The zero-order valence-corrected chi connectivity index (χ0v) is 16.2. The molecule has 0 bridgehead atoms. The highest BCUT2D eigenvalue weighted by molar-refractivity contribution is 7.89. The molecule has 2 aromatic carbocycles. The molecule has 0 saturated carbocycles. The minimum absolute atomic E-state index is 0.0729. The summed E-state index contributed by atoms with van der Waals surface area (Å²) in [5.74, 6) is -0.286. The van der Waals surface area contributed by atoms with Crippen molar-refractivity contribution in [2.24, 2.45) is 0 Å². The summed E-state index contributed by atoms with van der Waals surface area (Å²) in [7, 11) is -3.63. The monoisotopic (exact) mass is 408 g/mol. The summed E-state index contributed by atoms with van der Waals surface area (Å²) < 4.78 is 32.6. The number of carbonyl (C=O) groups is 1. The highest BCUT2D eigenvalue weighted by Gasteiger charge is 2.20. The van der Waals surface area contributed by atoms with Gasteiger partial charge in [-0.25, -0.2) is 13.1 Å². The van der Waals surface area contributed by atoms with E-state index in [1.54, 1.807) is 12.1 Å². The molecule has 2 aromatic rings. The molecular formula is C19H21ClN2O4S. The fraction of sp³-hybridized carbons (Fsp3) is 0.316. The van der Waals surface area contributed by atoms with Gasteiger partial charge in [-0.05, 0) is 54.8 Å². The van der Waals surface area contributed by atoms with Crippen molar-refractivity contribution in [2.45, 2.75) is 30.4 Å². The topological polar surface area (TPSA) is 84.5 Å². The van der Waals surface area contributed by atoms with Gasteiger partial charge in [0.25, 0.3) is 5.91 Å². The molecule has 0 aliphatic carbocycles. The van der Waals surface area contributed by atoms with E-state index in [9.17, 15) is 13.2 Å². The van der Waals surface area contributed by atoms with Crippen LogP contribution in [0.25, 0.3) is 0 Å². The van der Waals surface area contributed by atoms with Crippen molar-refractivity contribution in [1.82, 2.24) is 10.0 Å². The smallest absolute Gasteiger partial charge is 0.251 e. The Morgan fingerprint density at radius 3 is 2.63 bits per heavy atom. The van der Waals surface area contributed by atoms with Crippen LogP contribution < -0.4 is 10.0 Å². The summed E-state index contributed by atoms with van der Waals surface area (Å²) >= 11 is 5.92. The third kappa shape index (κ3) is 5.52. The van der Waals surface area contributed by atoms with Gasteiger partial charge in [-0.2, -0.15) is 0 Å². The average Bonchev–Trinajstić information content (AvgIpc) is 3.18. The predicted molar refractivity (Wildman–Crippen MR) is 103 cm³/mol. The molecule has 0 radical (unpaired) electrons. The van der Waals surface area contributed by atoms with E-state index in [2.05, 4.69) is 10.0 Å². The number of nitrogens with one attached hydrogen (secondary N) is 2. The zero-order valence-electron chi connectivity index (χ0n) is 14.7. The SMILES string of the molecule is O=C(NCc1cccc(Cl)c1)c1ccc(S(=O)(=O)NC[C@@H]2CCCO2)cc1. The summed E-state index contributed by atoms with van der Waals surface area (Å²) in [6.07, 6.45) is 1.73. The summed E-state index contributed by atoms with van der Waals surface area (Å²) in [6, 6.07) is 13.0. The van der Waals surface area contributed by atoms with Crippen LogP contribution in [0.2, 0.25) is 5.02 Å². The van der Waals surface area contributed by atoms with E-state index in [-0.39, 0.29) is 23.5 Å². The Kier molecular flexibility index (Phi) is 6.49. The van der Waals surface area contributed by atoms with Crippen molar-refractivity contribution in [2.75, 3.05) is 13.2 Å². The fourth-order valence-electron chi connectivity index (χ4n) is 2.81. The zero-order chi connectivity index (χ0) is 19.3. The molecule has 27 heavy (non-hydrogen) atoms. The second-order valence-electron chi connectivity index (χ2n) is 6.32. The van der Waals surface area contributed by atoms with Gasteiger partial charge in [-0.15, -0.1) is 0 Å². The Bertz CT molecular complexity index is 894. The molecule has 6 nitrogen and oxygen atoms in total. The van der Waals surface area contributed by atoms with Crippen LogP contribution in [0.15, 0.2) is 53.4 Å². The predicted octanol–water partition coefficient (Wildman–Crippen LogP) is 2.73. The Labute approximate surface area is 163 Å². The molecule has 0 spiro atoms.